The molecule has 0 aliphatic heterocycles. The first-order chi connectivity index (χ1) is 11.6. The van der Waals surface area contributed by atoms with E-state index < -0.39 is 0 Å². The van der Waals surface area contributed by atoms with E-state index >= 15 is 0 Å². The van der Waals surface area contributed by atoms with Crippen LogP contribution >= 0.6 is 22.9 Å². The summed E-state index contributed by atoms with van der Waals surface area (Å²) in [5.41, 5.74) is 0.887. The second-order valence-electron chi connectivity index (χ2n) is 5.20. The summed E-state index contributed by atoms with van der Waals surface area (Å²) in [5, 5.41) is 9.71. The molecule has 3 aromatic rings. The van der Waals surface area contributed by atoms with Crippen LogP contribution in [-0.2, 0) is 11.3 Å². The van der Waals surface area contributed by atoms with Crippen molar-refractivity contribution in [1.82, 2.24) is 9.78 Å². The molecule has 0 aliphatic carbocycles. The molecule has 0 saturated heterocycles. The van der Waals surface area contributed by atoms with Crippen molar-refractivity contribution >= 4 is 34.7 Å². The van der Waals surface area contributed by atoms with Crippen LogP contribution in [0.1, 0.15) is 10.4 Å². The van der Waals surface area contributed by atoms with Crippen LogP contribution in [0.15, 0.2) is 48.0 Å². The first-order valence-corrected chi connectivity index (χ1v) is 8.60. The van der Waals surface area contributed by atoms with E-state index in [0.717, 1.165) is 5.56 Å². The molecule has 124 valence electrons. The molecule has 7 heteroatoms. The average molecular weight is 362 g/mol. The quantitative estimate of drug-likeness (QED) is 0.722. The van der Waals surface area contributed by atoms with Gasteiger partial charge in [0.05, 0.1) is 12.7 Å². The Morgan fingerprint density at radius 1 is 1.38 bits per heavy atom. The van der Waals surface area contributed by atoms with Gasteiger partial charge in [-0.25, -0.2) is 4.68 Å². The summed E-state index contributed by atoms with van der Waals surface area (Å²) < 4.78 is 7.30. The fourth-order valence-electron chi connectivity index (χ4n) is 2.21. The summed E-state index contributed by atoms with van der Waals surface area (Å²) >= 11 is 7.56. The molecule has 0 saturated carbocycles. The minimum absolute atomic E-state index is 0.0767. The SMILES string of the molecule is Cc1cc(Cl)ccc1OCC(=O)Nc1ccnn1Cc1cccs1. The van der Waals surface area contributed by atoms with Gasteiger partial charge in [-0.1, -0.05) is 17.7 Å². The van der Waals surface area contributed by atoms with E-state index in [1.54, 1.807) is 46.5 Å². The monoisotopic (exact) mass is 361 g/mol. The molecule has 2 heterocycles. The average Bonchev–Trinajstić information content (AvgIpc) is 3.20. The lowest BCUT2D eigenvalue weighted by Gasteiger charge is -2.11. The second kappa shape index (κ2) is 7.51. The summed E-state index contributed by atoms with van der Waals surface area (Å²) in [6.07, 6.45) is 1.66. The Morgan fingerprint density at radius 2 is 2.25 bits per heavy atom. The third-order valence-corrected chi connectivity index (χ3v) is 4.46. The van der Waals surface area contributed by atoms with Crippen molar-refractivity contribution in [3.63, 3.8) is 0 Å². The Balaban J connectivity index is 1.58. The molecule has 1 N–H and O–H groups in total. The van der Waals surface area contributed by atoms with E-state index in [2.05, 4.69) is 10.4 Å². The zero-order valence-corrected chi connectivity index (χ0v) is 14.6. The van der Waals surface area contributed by atoms with Gasteiger partial charge in [-0.2, -0.15) is 5.10 Å². The van der Waals surface area contributed by atoms with E-state index in [-0.39, 0.29) is 12.5 Å². The van der Waals surface area contributed by atoms with Crippen LogP contribution in [0, 0.1) is 6.92 Å². The predicted octanol–water partition coefficient (Wildman–Crippen LogP) is 3.97. The Hall–Kier alpha value is -2.31. The maximum absolute atomic E-state index is 12.1. The maximum atomic E-state index is 12.1. The van der Waals surface area contributed by atoms with Gasteiger partial charge in [-0.3, -0.25) is 4.79 Å². The first kappa shape index (κ1) is 16.5. The molecule has 0 unspecified atom stereocenters. The fourth-order valence-corrected chi connectivity index (χ4v) is 3.12. The van der Waals surface area contributed by atoms with Gasteiger partial charge in [0, 0.05) is 16.0 Å². The van der Waals surface area contributed by atoms with Crippen LogP contribution in [0.3, 0.4) is 0 Å². The number of halogens is 1. The highest BCUT2D eigenvalue weighted by Crippen LogP contribution is 2.21. The van der Waals surface area contributed by atoms with Crippen LogP contribution in [-0.4, -0.2) is 22.3 Å². The lowest BCUT2D eigenvalue weighted by molar-refractivity contribution is -0.118. The first-order valence-electron chi connectivity index (χ1n) is 7.35. The van der Waals surface area contributed by atoms with Crippen molar-refractivity contribution < 1.29 is 9.53 Å². The van der Waals surface area contributed by atoms with Crippen LogP contribution < -0.4 is 10.1 Å². The summed E-state index contributed by atoms with van der Waals surface area (Å²) in [7, 11) is 0. The van der Waals surface area contributed by atoms with Crippen LogP contribution in [0.2, 0.25) is 5.02 Å². The Labute approximate surface area is 148 Å². The molecular weight excluding hydrogens is 346 g/mol. The number of carbonyl (C=O) groups excluding carboxylic acids is 1. The number of carbonyl (C=O) groups is 1. The lowest BCUT2D eigenvalue weighted by Crippen LogP contribution is -2.22. The molecule has 0 atom stereocenters. The summed E-state index contributed by atoms with van der Waals surface area (Å²) in [4.78, 5) is 13.3. The van der Waals surface area contributed by atoms with Crippen molar-refractivity contribution in [3.05, 3.63) is 63.4 Å². The smallest absolute Gasteiger partial charge is 0.263 e. The molecule has 0 radical (unpaired) electrons. The highest BCUT2D eigenvalue weighted by Gasteiger charge is 2.10. The van der Waals surface area contributed by atoms with Gasteiger partial charge in [-0.05, 0) is 42.1 Å². The largest absolute Gasteiger partial charge is 0.483 e. The normalized spacial score (nSPS) is 10.6. The number of aromatic nitrogens is 2. The minimum atomic E-state index is -0.239. The van der Waals surface area contributed by atoms with Gasteiger partial charge in [0.15, 0.2) is 6.61 Å². The summed E-state index contributed by atoms with van der Waals surface area (Å²) in [6, 6.07) is 11.1. The Bertz CT molecular complexity index is 830. The zero-order chi connectivity index (χ0) is 16.9. The number of rotatable bonds is 6. The number of amides is 1. The third-order valence-electron chi connectivity index (χ3n) is 3.37. The van der Waals surface area contributed by atoms with E-state index in [4.69, 9.17) is 16.3 Å². The van der Waals surface area contributed by atoms with E-state index in [1.165, 1.54) is 4.88 Å². The highest BCUT2D eigenvalue weighted by atomic mass is 35.5. The van der Waals surface area contributed by atoms with Crippen molar-refractivity contribution in [2.45, 2.75) is 13.5 Å². The molecule has 1 aromatic carbocycles. The summed E-state index contributed by atoms with van der Waals surface area (Å²) in [5.74, 6) is 1.05. The van der Waals surface area contributed by atoms with Crippen LogP contribution in [0.5, 0.6) is 5.75 Å². The molecule has 5 nitrogen and oxygen atoms in total. The predicted molar refractivity (Wildman–Crippen MR) is 96.0 cm³/mol. The van der Waals surface area contributed by atoms with Crippen LogP contribution in [0.4, 0.5) is 5.82 Å². The van der Waals surface area contributed by atoms with Gasteiger partial charge < -0.3 is 10.1 Å². The molecule has 24 heavy (non-hydrogen) atoms. The van der Waals surface area contributed by atoms with Gasteiger partial charge in [-0.15, -0.1) is 11.3 Å². The zero-order valence-electron chi connectivity index (χ0n) is 13.0. The molecule has 1 amide bonds. The molecule has 3 rings (SSSR count). The van der Waals surface area contributed by atoms with Crippen molar-refractivity contribution in [2.24, 2.45) is 0 Å². The van der Waals surface area contributed by atoms with Gasteiger partial charge >= 0.3 is 0 Å². The van der Waals surface area contributed by atoms with Gasteiger partial charge in [0.2, 0.25) is 0 Å². The maximum Gasteiger partial charge on any atom is 0.263 e. The topological polar surface area (TPSA) is 56.1 Å². The number of aryl methyl sites for hydroxylation is 1. The number of hydrogen-bond acceptors (Lipinski definition) is 4. The van der Waals surface area contributed by atoms with E-state index in [0.29, 0.717) is 23.1 Å². The lowest BCUT2D eigenvalue weighted by atomic mass is 10.2. The number of ether oxygens (including phenoxy) is 1. The molecule has 0 aliphatic rings. The van der Waals surface area contributed by atoms with Crippen molar-refractivity contribution in [2.75, 3.05) is 11.9 Å². The Kier molecular flexibility index (Phi) is 5.17. The standard InChI is InChI=1S/C17H16ClN3O2S/c1-12-9-13(18)4-5-15(12)23-11-17(22)20-16-6-7-19-21(16)10-14-3-2-8-24-14/h2-9H,10-11H2,1H3,(H,20,22). The number of benzene rings is 1. The molecule has 2 aromatic heterocycles. The number of hydrogen-bond donors (Lipinski definition) is 1. The van der Waals surface area contributed by atoms with Crippen LogP contribution in [0.25, 0.3) is 0 Å². The number of nitrogens with zero attached hydrogens (tertiary/aromatic N) is 2. The van der Waals surface area contributed by atoms with E-state index in [9.17, 15) is 4.79 Å². The molecule has 0 bridgehead atoms. The number of thiophene rings is 1. The highest BCUT2D eigenvalue weighted by molar-refractivity contribution is 7.09. The van der Waals surface area contributed by atoms with Crippen molar-refractivity contribution in [3.8, 4) is 5.75 Å². The fraction of sp³-hybridized carbons (Fsp3) is 0.176. The summed E-state index contributed by atoms with van der Waals surface area (Å²) in [6.45, 7) is 2.43. The number of anilines is 1. The third kappa shape index (κ3) is 4.15. The Morgan fingerprint density at radius 3 is 3.00 bits per heavy atom. The second-order valence-corrected chi connectivity index (χ2v) is 6.67. The molecule has 0 fully saturated rings. The molecular formula is C17H16ClN3O2S. The number of nitrogens with one attached hydrogen (secondary N) is 1. The van der Waals surface area contributed by atoms with E-state index in [1.807, 2.05) is 24.4 Å². The van der Waals surface area contributed by atoms with Crippen molar-refractivity contribution in [1.29, 1.82) is 0 Å². The minimum Gasteiger partial charge on any atom is -0.483 e. The van der Waals surface area contributed by atoms with Gasteiger partial charge in [0.1, 0.15) is 11.6 Å². The van der Waals surface area contributed by atoms with Gasteiger partial charge in [0.25, 0.3) is 5.91 Å². The molecule has 0 spiro atoms.